The van der Waals surface area contributed by atoms with Gasteiger partial charge in [0.05, 0.1) is 17.1 Å². The van der Waals surface area contributed by atoms with Gasteiger partial charge in [0.15, 0.2) is 0 Å². The Hall–Kier alpha value is -3.59. The van der Waals surface area contributed by atoms with Crippen molar-refractivity contribution in [2.45, 2.75) is 11.4 Å². The van der Waals surface area contributed by atoms with Crippen molar-refractivity contribution >= 4 is 22.0 Å². The third-order valence-electron chi connectivity index (χ3n) is 4.33. The number of carboxylic acid groups (broad SMARTS) is 1. The van der Waals surface area contributed by atoms with Crippen LogP contribution in [0.1, 0.15) is 15.9 Å². The van der Waals surface area contributed by atoms with E-state index in [0.717, 1.165) is 8.87 Å². The molecular weight excluding hydrogens is 394 g/mol. The van der Waals surface area contributed by atoms with E-state index in [1.165, 1.54) is 37.5 Å². The number of nitrogens with zero attached hydrogens (tertiary/aromatic N) is 2. The van der Waals surface area contributed by atoms with E-state index >= 15 is 0 Å². The lowest BCUT2D eigenvalue weighted by Crippen LogP contribution is -2.23. The third kappa shape index (κ3) is 4.14. The van der Waals surface area contributed by atoms with Gasteiger partial charge < -0.3 is 15.7 Å². The minimum absolute atomic E-state index is 0.0129. The first-order valence-electron chi connectivity index (χ1n) is 8.56. The van der Waals surface area contributed by atoms with E-state index in [-0.39, 0.29) is 17.0 Å². The molecular formula is C20H19N3O5S. The van der Waals surface area contributed by atoms with Crippen LogP contribution in [0, 0.1) is 0 Å². The predicted molar refractivity (Wildman–Crippen MR) is 107 cm³/mol. The van der Waals surface area contributed by atoms with Gasteiger partial charge in [-0.25, -0.2) is 17.2 Å². The molecule has 3 rings (SSSR count). The molecule has 0 saturated heterocycles. The zero-order valence-electron chi connectivity index (χ0n) is 15.5. The van der Waals surface area contributed by atoms with Gasteiger partial charge in [0.1, 0.15) is 0 Å². The molecule has 0 saturated carbocycles. The summed E-state index contributed by atoms with van der Waals surface area (Å²) < 4.78 is 27.7. The monoisotopic (exact) mass is 413 g/mol. The summed E-state index contributed by atoms with van der Waals surface area (Å²) in [6.45, 7) is 0.0129. The molecule has 0 aliphatic carbocycles. The highest BCUT2D eigenvalue weighted by atomic mass is 32.2. The summed E-state index contributed by atoms with van der Waals surface area (Å²) in [7, 11) is -2.67. The van der Waals surface area contributed by atoms with E-state index in [4.69, 9.17) is 10.8 Å². The zero-order valence-corrected chi connectivity index (χ0v) is 16.3. The van der Waals surface area contributed by atoms with Crippen LogP contribution < -0.4 is 5.73 Å². The normalized spacial score (nSPS) is 11.2. The molecule has 0 radical (unpaired) electrons. The number of carbonyl (C=O) groups excluding carboxylic acids is 1. The lowest BCUT2D eigenvalue weighted by molar-refractivity contribution is 0.1000. The molecule has 9 heteroatoms. The van der Waals surface area contributed by atoms with E-state index in [0.29, 0.717) is 16.8 Å². The molecule has 29 heavy (non-hydrogen) atoms. The van der Waals surface area contributed by atoms with Crippen LogP contribution in [0.5, 0.6) is 0 Å². The second-order valence-corrected chi connectivity index (χ2v) is 8.25. The highest BCUT2D eigenvalue weighted by Crippen LogP contribution is 2.28. The fraction of sp³-hybridized carbons (Fsp3) is 0.100. The molecule has 3 N–H and O–H groups in total. The topological polar surface area (TPSA) is 123 Å². The highest BCUT2D eigenvalue weighted by molar-refractivity contribution is 7.90. The Balaban J connectivity index is 2.16. The highest BCUT2D eigenvalue weighted by Gasteiger charge is 2.23. The van der Waals surface area contributed by atoms with Gasteiger partial charge in [-0.2, -0.15) is 0 Å². The Morgan fingerprint density at radius 1 is 1.07 bits per heavy atom. The number of hydrogen-bond acceptors (Lipinski definition) is 4. The minimum atomic E-state index is -4.07. The number of primary amides is 1. The van der Waals surface area contributed by atoms with Crippen molar-refractivity contribution in [3.05, 3.63) is 78.0 Å². The molecule has 0 bridgehead atoms. The van der Waals surface area contributed by atoms with E-state index in [1.807, 2.05) is 0 Å². The summed E-state index contributed by atoms with van der Waals surface area (Å²) in [5.74, 6) is -0.735. The number of aromatic nitrogens is 1. The van der Waals surface area contributed by atoms with E-state index < -0.39 is 22.0 Å². The number of hydrogen-bond donors (Lipinski definition) is 2. The Morgan fingerprint density at radius 3 is 2.38 bits per heavy atom. The summed E-state index contributed by atoms with van der Waals surface area (Å²) in [5, 5.41) is 9.11. The fourth-order valence-corrected chi connectivity index (χ4v) is 4.31. The van der Waals surface area contributed by atoms with Crippen LogP contribution >= 0.6 is 0 Å². The number of nitrogens with two attached hydrogens (primary N) is 1. The maximum Gasteiger partial charge on any atom is 0.407 e. The van der Waals surface area contributed by atoms with Crippen molar-refractivity contribution in [1.82, 2.24) is 8.87 Å². The molecule has 1 aromatic heterocycles. The van der Waals surface area contributed by atoms with Crippen LogP contribution in [0.3, 0.4) is 0 Å². The summed E-state index contributed by atoms with van der Waals surface area (Å²) in [6.07, 6.45) is 0.254. The maximum atomic E-state index is 13.3. The molecule has 0 spiro atoms. The molecule has 0 unspecified atom stereocenters. The Bertz CT molecular complexity index is 1170. The van der Waals surface area contributed by atoms with Crippen molar-refractivity contribution in [3.8, 4) is 11.3 Å². The lowest BCUT2D eigenvalue weighted by atomic mass is 10.1. The number of rotatable bonds is 6. The van der Waals surface area contributed by atoms with Gasteiger partial charge >= 0.3 is 6.09 Å². The van der Waals surface area contributed by atoms with Crippen molar-refractivity contribution < 1.29 is 23.1 Å². The van der Waals surface area contributed by atoms with Gasteiger partial charge in [-0.05, 0) is 35.4 Å². The second kappa shape index (κ2) is 7.80. The van der Waals surface area contributed by atoms with Gasteiger partial charge in [-0.3, -0.25) is 4.79 Å². The fourth-order valence-electron chi connectivity index (χ4n) is 2.87. The van der Waals surface area contributed by atoms with Crippen molar-refractivity contribution in [1.29, 1.82) is 0 Å². The molecule has 150 valence electrons. The van der Waals surface area contributed by atoms with Crippen LogP contribution in [0.2, 0.25) is 0 Å². The summed E-state index contributed by atoms with van der Waals surface area (Å²) in [6, 6.07) is 16.0. The van der Waals surface area contributed by atoms with Crippen LogP contribution in [0.4, 0.5) is 4.79 Å². The molecule has 0 aliphatic heterocycles. The zero-order chi connectivity index (χ0) is 21.2. The van der Waals surface area contributed by atoms with Crippen molar-refractivity contribution in [2.24, 2.45) is 5.73 Å². The molecule has 1 heterocycles. The van der Waals surface area contributed by atoms with E-state index in [9.17, 15) is 18.0 Å². The average Bonchev–Trinajstić information content (AvgIpc) is 3.13. The summed E-state index contributed by atoms with van der Waals surface area (Å²) in [4.78, 5) is 23.5. The van der Waals surface area contributed by atoms with E-state index in [1.54, 1.807) is 36.4 Å². The number of carbonyl (C=O) groups is 2. The van der Waals surface area contributed by atoms with Crippen LogP contribution in [-0.2, 0) is 16.6 Å². The van der Waals surface area contributed by atoms with Gasteiger partial charge in [0.2, 0.25) is 5.91 Å². The Kier molecular flexibility index (Phi) is 5.42. The van der Waals surface area contributed by atoms with Crippen LogP contribution in [0.25, 0.3) is 11.3 Å². The van der Waals surface area contributed by atoms with Crippen LogP contribution in [-0.4, -0.2) is 41.4 Å². The van der Waals surface area contributed by atoms with Gasteiger partial charge in [0, 0.05) is 18.8 Å². The predicted octanol–water partition coefficient (Wildman–Crippen LogP) is 2.60. The van der Waals surface area contributed by atoms with Crippen molar-refractivity contribution in [2.75, 3.05) is 7.05 Å². The first kappa shape index (κ1) is 20.2. The lowest BCUT2D eigenvalue weighted by Gasteiger charge is -2.12. The average molecular weight is 413 g/mol. The SMILES string of the molecule is CN(Cc1cc(-c2ccccc2)n(S(=O)(=O)c2cccc(C(N)=O)c2)c1)C(=O)O. The molecule has 2 aromatic carbocycles. The standard InChI is InChI=1S/C20H19N3O5S/c1-22(20(25)26)12-14-10-18(15-6-3-2-4-7-15)23(13-14)29(27,28)17-9-5-8-16(11-17)19(21)24/h2-11,13H,12H2,1H3,(H2,21,24)(H,25,26). The first-order chi connectivity index (χ1) is 13.7. The van der Waals surface area contributed by atoms with E-state index in [2.05, 4.69) is 0 Å². The van der Waals surface area contributed by atoms with Crippen molar-refractivity contribution in [3.63, 3.8) is 0 Å². The quantitative estimate of drug-likeness (QED) is 0.643. The van der Waals surface area contributed by atoms with Gasteiger partial charge in [0.25, 0.3) is 10.0 Å². The molecule has 0 atom stereocenters. The largest absolute Gasteiger partial charge is 0.465 e. The second-order valence-electron chi connectivity index (χ2n) is 6.43. The molecule has 8 nitrogen and oxygen atoms in total. The molecule has 2 amide bonds. The molecule has 0 aliphatic rings. The van der Waals surface area contributed by atoms with Gasteiger partial charge in [-0.1, -0.05) is 36.4 Å². The Morgan fingerprint density at radius 2 is 1.76 bits per heavy atom. The third-order valence-corrected chi connectivity index (χ3v) is 6.00. The molecule has 0 fully saturated rings. The maximum absolute atomic E-state index is 13.3. The Labute approximate surface area is 167 Å². The van der Waals surface area contributed by atoms with Crippen LogP contribution in [0.15, 0.2) is 71.8 Å². The molecule has 3 aromatic rings. The summed E-state index contributed by atoms with van der Waals surface area (Å²) >= 11 is 0. The first-order valence-corrected chi connectivity index (χ1v) is 10.0. The number of benzene rings is 2. The van der Waals surface area contributed by atoms with Gasteiger partial charge in [-0.15, -0.1) is 0 Å². The summed E-state index contributed by atoms with van der Waals surface area (Å²) in [5.41, 5.74) is 6.87. The smallest absolute Gasteiger partial charge is 0.407 e. The minimum Gasteiger partial charge on any atom is -0.465 e. The number of amides is 2.